The minimum absolute atomic E-state index is 0.00285. The second-order valence-corrected chi connectivity index (χ2v) is 7.56. The van der Waals surface area contributed by atoms with Crippen LogP contribution in [-0.2, 0) is 12.0 Å². The molecule has 3 aliphatic carbocycles. The van der Waals surface area contributed by atoms with Crippen molar-refractivity contribution in [1.82, 2.24) is 4.98 Å². The molecule has 0 aromatic carbocycles. The third-order valence-electron chi connectivity index (χ3n) is 5.86. The van der Waals surface area contributed by atoms with Gasteiger partial charge in [-0.1, -0.05) is 24.1 Å². The molecule has 4 rings (SSSR count). The van der Waals surface area contributed by atoms with Crippen molar-refractivity contribution < 1.29 is 0 Å². The van der Waals surface area contributed by atoms with Gasteiger partial charge in [0.1, 0.15) is 5.54 Å². The Kier molecular flexibility index (Phi) is 3.82. The van der Waals surface area contributed by atoms with E-state index in [-0.39, 0.29) is 11.1 Å². The van der Waals surface area contributed by atoms with Crippen molar-refractivity contribution in [3.8, 4) is 0 Å². The first-order valence-electron chi connectivity index (χ1n) is 9.26. The number of aliphatic imine (C=N–C) groups is 1. The normalized spacial score (nSPS) is 30.8. The molecule has 126 valence electrons. The average molecular weight is 322 g/mol. The Labute approximate surface area is 143 Å². The maximum absolute atomic E-state index is 11.8. The van der Waals surface area contributed by atoms with Gasteiger partial charge in [-0.3, -0.25) is 9.79 Å². The van der Waals surface area contributed by atoms with Crippen LogP contribution >= 0.6 is 0 Å². The van der Waals surface area contributed by atoms with Gasteiger partial charge >= 0.3 is 0 Å². The highest BCUT2D eigenvalue weighted by Crippen LogP contribution is 2.52. The standard InChI is InChI=1S/C21H26N2O/c1-3-17-15-11-14(2)13-21(17,23-16-7-5-4-6-8-16)18-9-10-20(24)22-19(18)12-15/h3,9-11,15H,4-8,12-13H2,1-2H3,(H,22,24). The molecule has 1 saturated carbocycles. The highest BCUT2D eigenvalue weighted by atomic mass is 16.1. The van der Waals surface area contributed by atoms with Gasteiger partial charge in [-0.25, -0.2) is 0 Å². The van der Waals surface area contributed by atoms with Gasteiger partial charge < -0.3 is 4.98 Å². The zero-order valence-electron chi connectivity index (χ0n) is 14.7. The average Bonchev–Trinajstić information content (AvgIpc) is 2.54. The molecule has 1 heterocycles. The molecule has 0 saturated heterocycles. The third kappa shape index (κ3) is 2.42. The van der Waals surface area contributed by atoms with E-state index in [4.69, 9.17) is 4.99 Å². The van der Waals surface area contributed by atoms with Crippen molar-refractivity contribution in [3.05, 3.63) is 57.0 Å². The number of fused-ring (bicyclic) bond motifs is 4. The van der Waals surface area contributed by atoms with Crippen molar-refractivity contribution in [3.63, 3.8) is 0 Å². The molecule has 3 heteroatoms. The number of nitrogens with zero attached hydrogens (tertiary/aromatic N) is 1. The Bertz CT molecular complexity index is 803. The van der Waals surface area contributed by atoms with Crippen LogP contribution in [-0.4, -0.2) is 10.7 Å². The van der Waals surface area contributed by atoms with Gasteiger partial charge in [-0.2, -0.15) is 0 Å². The van der Waals surface area contributed by atoms with Gasteiger partial charge in [-0.15, -0.1) is 0 Å². The number of pyridine rings is 1. The number of aromatic nitrogens is 1. The number of nitrogens with one attached hydrogen (secondary N) is 1. The summed E-state index contributed by atoms with van der Waals surface area (Å²) < 4.78 is 0. The van der Waals surface area contributed by atoms with Gasteiger partial charge in [0.25, 0.3) is 0 Å². The first kappa shape index (κ1) is 15.6. The van der Waals surface area contributed by atoms with Crippen LogP contribution in [0.3, 0.4) is 0 Å². The molecule has 2 bridgehead atoms. The Hall–Kier alpha value is -1.90. The summed E-state index contributed by atoms with van der Waals surface area (Å²) in [6, 6.07) is 3.70. The van der Waals surface area contributed by atoms with Gasteiger partial charge in [0, 0.05) is 35.4 Å². The van der Waals surface area contributed by atoms with Crippen molar-refractivity contribution in [1.29, 1.82) is 0 Å². The lowest BCUT2D eigenvalue weighted by atomic mass is 9.63. The monoisotopic (exact) mass is 322 g/mol. The predicted octanol–water partition coefficient (Wildman–Crippen LogP) is 4.44. The zero-order chi connectivity index (χ0) is 16.7. The summed E-state index contributed by atoms with van der Waals surface area (Å²) in [6.07, 6.45) is 12.6. The van der Waals surface area contributed by atoms with E-state index in [1.54, 1.807) is 6.07 Å². The molecule has 0 aliphatic heterocycles. The first-order valence-corrected chi connectivity index (χ1v) is 9.26. The topological polar surface area (TPSA) is 45.2 Å². The van der Waals surface area contributed by atoms with Crippen LogP contribution in [0.25, 0.3) is 0 Å². The fraction of sp³-hybridized carbons (Fsp3) is 0.524. The molecule has 1 fully saturated rings. The van der Waals surface area contributed by atoms with Gasteiger partial charge in [0.15, 0.2) is 0 Å². The quantitative estimate of drug-likeness (QED) is 0.763. The van der Waals surface area contributed by atoms with E-state index in [1.807, 2.05) is 6.07 Å². The molecule has 0 amide bonds. The Morgan fingerprint density at radius 2 is 2.04 bits per heavy atom. The molecule has 24 heavy (non-hydrogen) atoms. The van der Waals surface area contributed by atoms with E-state index in [0.717, 1.165) is 31.4 Å². The molecule has 3 nitrogen and oxygen atoms in total. The smallest absolute Gasteiger partial charge is 0.248 e. The molecule has 2 atom stereocenters. The molecule has 1 aromatic heterocycles. The molecular weight excluding hydrogens is 296 g/mol. The number of H-pyrrole nitrogens is 1. The highest BCUT2D eigenvalue weighted by molar-refractivity contribution is 5.86. The summed E-state index contributed by atoms with van der Waals surface area (Å²) >= 11 is 0. The minimum atomic E-state index is -0.289. The number of rotatable bonds is 1. The summed E-state index contributed by atoms with van der Waals surface area (Å²) in [7, 11) is 0. The number of hydrogen-bond acceptors (Lipinski definition) is 2. The number of hydrogen-bond donors (Lipinski definition) is 1. The summed E-state index contributed by atoms with van der Waals surface area (Å²) in [5, 5.41) is 0. The van der Waals surface area contributed by atoms with Crippen LogP contribution in [0.5, 0.6) is 0 Å². The molecule has 1 N–H and O–H groups in total. The molecular formula is C21H26N2O. The Balaban J connectivity index is 1.95. The summed E-state index contributed by atoms with van der Waals surface area (Å²) in [6.45, 7) is 4.37. The van der Waals surface area contributed by atoms with E-state index in [2.05, 4.69) is 31.0 Å². The SMILES string of the molecule is CC=C1C2C=C(C)CC1(N=C1CCCCC1)c1ccc(=O)[nH]c1C2. The van der Waals surface area contributed by atoms with E-state index in [9.17, 15) is 4.79 Å². The fourth-order valence-electron chi connectivity index (χ4n) is 4.97. The van der Waals surface area contributed by atoms with Crippen LogP contribution in [0.15, 0.2) is 45.2 Å². The molecule has 3 aliphatic rings. The van der Waals surface area contributed by atoms with Gasteiger partial charge in [0.2, 0.25) is 5.56 Å². The minimum Gasteiger partial charge on any atom is -0.326 e. The summed E-state index contributed by atoms with van der Waals surface area (Å²) in [5.41, 5.74) is 6.22. The van der Waals surface area contributed by atoms with E-state index in [1.165, 1.54) is 41.7 Å². The van der Waals surface area contributed by atoms with Crippen molar-refractivity contribution in [2.45, 2.75) is 64.3 Å². The van der Waals surface area contributed by atoms with Crippen LogP contribution in [0.4, 0.5) is 0 Å². The van der Waals surface area contributed by atoms with Crippen molar-refractivity contribution in [2.24, 2.45) is 10.9 Å². The number of allylic oxidation sites excluding steroid dienone is 2. The van der Waals surface area contributed by atoms with Crippen LogP contribution in [0, 0.1) is 5.92 Å². The maximum Gasteiger partial charge on any atom is 0.248 e. The van der Waals surface area contributed by atoms with Crippen LogP contribution in [0.1, 0.15) is 63.6 Å². The second-order valence-electron chi connectivity index (χ2n) is 7.56. The van der Waals surface area contributed by atoms with Crippen LogP contribution in [0.2, 0.25) is 0 Å². The summed E-state index contributed by atoms with van der Waals surface area (Å²) in [5.74, 6) is 0.363. The third-order valence-corrected chi connectivity index (χ3v) is 5.86. The fourth-order valence-corrected chi connectivity index (χ4v) is 4.97. The number of aromatic amines is 1. The van der Waals surface area contributed by atoms with Crippen molar-refractivity contribution in [2.75, 3.05) is 0 Å². The predicted molar refractivity (Wildman–Crippen MR) is 98.6 cm³/mol. The maximum atomic E-state index is 11.8. The highest BCUT2D eigenvalue weighted by Gasteiger charge is 2.46. The van der Waals surface area contributed by atoms with E-state index < -0.39 is 0 Å². The zero-order valence-corrected chi connectivity index (χ0v) is 14.7. The lowest BCUT2D eigenvalue weighted by Crippen LogP contribution is -2.41. The largest absolute Gasteiger partial charge is 0.326 e. The first-order chi connectivity index (χ1) is 11.6. The Morgan fingerprint density at radius 1 is 1.25 bits per heavy atom. The second kappa shape index (κ2) is 5.87. The lowest BCUT2D eigenvalue weighted by Gasteiger charge is -2.45. The molecule has 0 spiro atoms. The van der Waals surface area contributed by atoms with Crippen LogP contribution < -0.4 is 5.56 Å². The van der Waals surface area contributed by atoms with E-state index in [0.29, 0.717) is 5.92 Å². The van der Waals surface area contributed by atoms with Gasteiger partial charge in [0.05, 0.1) is 0 Å². The molecule has 2 unspecified atom stereocenters. The summed E-state index contributed by atoms with van der Waals surface area (Å²) in [4.78, 5) is 20.4. The van der Waals surface area contributed by atoms with Gasteiger partial charge in [-0.05, 0) is 57.6 Å². The van der Waals surface area contributed by atoms with E-state index >= 15 is 0 Å². The molecule has 1 aromatic rings. The van der Waals surface area contributed by atoms with Crippen molar-refractivity contribution >= 4 is 5.71 Å². The lowest BCUT2D eigenvalue weighted by molar-refractivity contribution is 0.409. The molecule has 0 radical (unpaired) electrons. The Morgan fingerprint density at radius 3 is 2.79 bits per heavy atom.